The van der Waals surface area contributed by atoms with Crippen LogP contribution in [0.25, 0.3) is 11.5 Å². The highest BCUT2D eigenvalue weighted by atomic mass is 35.5. The number of methoxy groups -OCH3 is 1. The Hall–Kier alpha value is -3.70. The van der Waals surface area contributed by atoms with Gasteiger partial charge in [0.2, 0.25) is 0 Å². The van der Waals surface area contributed by atoms with Gasteiger partial charge in [-0.05, 0) is 62.1 Å². The van der Waals surface area contributed by atoms with E-state index in [9.17, 15) is 4.79 Å². The van der Waals surface area contributed by atoms with E-state index in [0.29, 0.717) is 38.5 Å². The van der Waals surface area contributed by atoms with Crippen LogP contribution >= 0.6 is 22.9 Å². The maximum Gasteiger partial charge on any atom is 0.261 e. The van der Waals surface area contributed by atoms with Crippen LogP contribution in [0.4, 0.5) is 15.8 Å². The van der Waals surface area contributed by atoms with Gasteiger partial charge < -0.3 is 20.3 Å². The minimum Gasteiger partial charge on any atom is -0.497 e. The first kappa shape index (κ1) is 24.6. The first-order valence-corrected chi connectivity index (χ1v) is 13.5. The molecule has 3 atom stereocenters. The molecule has 1 aromatic carbocycles. The minimum absolute atomic E-state index is 0.0234. The summed E-state index contributed by atoms with van der Waals surface area (Å²) in [7, 11) is 1.56. The molecule has 4 aromatic rings. The zero-order chi connectivity index (χ0) is 26.2. The van der Waals surface area contributed by atoms with Crippen LogP contribution in [-0.2, 0) is 0 Å². The maximum absolute atomic E-state index is 15.2. The molecule has 0 saturated heterocycles. The molecule has 3 N–H and O–H groups in total. The molecule has 0 bridgehead atoms. The van der Waals surface area contributed by atoms with Crippen molar-refractivity contribution < 1.29 is 13.9 Å². The number of H-pyrrole nitrogens is 1. The third-order valence-electron chi connectivity index (χ3n) is 7.06. The zero-order valence-electron chi connectivity index (χ0n) is 20.4. The number of aromatic amines is 1. The van der Waals surface area contributed by atoms with E-state index in [2.05, 4.69) is 35.7 Å². The van der Waals surface area contributed by atoms with Gasteiger partial charge in [-0.25, -0.2) is 9.37 Å². The van der Waals surface area contributed by atoms with Crippen LogP contribution in [0.5, 0.6) is 5.75 Å². The maximum atomic E-state index is 15.2. The second kappa shape index (κ2) is 10.2. The summed E-state index contributed by atoms with van der Waals surface area (Å²) in [6.45, 7) is 0. The van der Waals surface area contributed by atoms with Gasteiger partial charge in [-0.3, -0.25) is 14.9 Å². The number of hydrogen-bond acceptors (Lipinski definition) is 8. The van der Waals surface area contributed by atoms with Crippen LogP contribution in [0.1, 0.15) is 47.1 Å². The second-order valence-corrected chi connectivity index (χ2v) is 11.1. The van der Waals surface area contributed by atoms with E-state index in [0.717, 1.165) is 30.6 Å². The number of nitrogens with zero attached hydrogens (tertiary/aromatic N) is 4. The zero-order valence-corrected chi connectivity index (χ0v) is 22.0. The number of fused-ring (bicyclic) bond motifs is 1. The molecule has 1 amide bonds. The lowest BCUT2D eigenvalue weighted by atomic mass is 9.89. The number of thiophene rings is 1. The summed E-state index contributed by atoms with van der Waals surface area (Å²) in [5, 5.41) is 13.4. The van der Waals surface area contributed by atoms with Crippen LogP contribution in [0.2, 0.25) is 4.34 Å². The third-order valence-corrected chi connectivity index (χ3v) is 8.29. The quantitative estimate of drug-likeness (QED) is 0.293. The summed E-state index contributed by atoms with van der Waals surface area (Å²) >= 11 is 7.30. The number of anilines is 2. The predicted molar refractivity (Wildman–Crippen MR) is 144 cm³/mol. The van der Waals surface area contributed by atoms with E-state index >= 15 is 4.39 Å². The molecular formula is C26H25ClFN7O2S. The SMILES string of the molecule is COc1ccc(F)c(C2Nc3cnc(-c4ncn[nH]4)cc3N2C2CCCC(NC(=O)c3ccc(Cl)s3)C2)c1. The lowest BCUT2D eigenvalue weighted by Crippen LogP contribution is -2.47. The molecule has 1 fully saturated rings. The Labute approximate surface area is 227 Å². The fourth-order valence-corrected chi connectivity index (χ4v) is 6.26. The second-order valence-electron chi connectivity index (χ2n) is 9.36. The van der Waals surface area contributed by atoms with E-state index in [-0.39, 0.29) is 23.8 Å². The molecule has 6 rings (SSSR count). The summed E-state index contributed by atoms with van der Waals surface area (Å²) in [5.41, 5.74) is 2.79. The molecule has 2 aliphatic rings. The first-order chi connectivity index (χ1) is 18.5. The van der Waals surface area contributed by atoms with E-state index < -0.39 is 6.17 Å². The smallest absolute Gasteiger partial charge is 0.261 e. The van der Waals surface area contributed by atoms with Crippen molar-refractivity contribution in [3.8, 4) is 17.3 Å². The Morgan fingerprint density at radius 1 is 1.24 bits per heavy atom. The summed E-state index contributed by atoms with van der Waals surface area (Å²) in [4.78, 5) is 24.4. The molecule has 0 spiro atoms. The molecule has 3 aromatic heterocycles. The molecule has 12 heteroatoms. The highest BCUT2D eigenvalue weighted by Crippen LogP contribution is 2.46. The lowest BCUT2D eigenvalue weighted by Gasteiger charge is -2.40. The normalized spacial score (nSPS) is 20.6. The molecule has 1 aliphatic carbocycles. The average molecular weight is 554 g/mol. The number of aromatic nitrogens is 4. The molecule has 4 heterocycles. The number of halogens is 2. The third kappa shape index (κ3) is 4.67. The van der Waals surface area contributed by atoms with Crippen LogP contribution in [0, 0.1) is 5.82 Å². The van der Waals surface area contributed by atoms with E-state index in [1.807, 2.05) is 6.07 Å². The Morgan fingerprint density at radius 2 is 2.13 bits per heavy atom. The topological polar surface area (TPSA) is 108 Å². The summed E-state index contributed by atoms with van der Waals surface area (Å²) < 4.78 is 21.2. The number of hydrogen-bond donors (Lipinski definition) is 3. The van der Waals surface area contributed by atoms with Crippen molar-refractivity contribution in [3.63, 3.8) is 0 Å². The Bertz CT molecular complexity index is 1460. The van der Waals surface area contributed by atoms with Gasteiger partial charge in [0, 0.05) is 17.6 Å². The molecule has 196 valence electrons. The number of pyridine rings is 1. The van der Waals surface area contributed by atoms with E-state index in [4.69, 9.17) is 16.3 Å². The molecule has 38 heavy (non-hydrogen) atoms. The number of ether oxygens (including phenoxy) is 1. The number of benzene rings is 1. The summed E-state index contributed by atoms with van der Waals surface area (Å²) in [5.74, 6) is 0.662. The van der Waals surface area contributed by atoms with E-state index in [1.54, 1.807) is 37.6 Å². The molecule has 9 nitrogen and oxygen atoms in total. The van der Waals surface area contributed by atoms with Gasteiger partial charge in [-0.15, -0.1) is 11.3 Å². The number of rotatable bonds is 6. The highest BCUT2D eigenvalue weighted by molar-refractivity contribution is 7.18. The van der Waals surface area contributed by atoms with Gasteiger partial charge in [0.1, 0.15) is 29.8 Å². The highest BCUT2D eigenvalue weighted by Gasteiger charge is 2.39. The Morgan fingerprint density at radius 3 is 2.89 bits per heavy atom. The molecule has 1 saturated carbocycles. The standard InChI is InChI=1S/C26H25ClFN7O2S/c1-37-16-5-6-18(28)17(10-16)25-33-20-12-29-19(24-30-13-31-34-24)11-21(20)35(25)15-4-2-3-14(9-15)32-26(36)22-7-8-23(27)38-22/h5-8,10-15,25,33H,2-4,9H2,1H3,(H,32,36)(H,30,31,34). The van der Waals surface area contributed by atoms with Gasteiger partial charge in [0.25, 0.3) is 5.91 Å². The van der Waals surface area contributed by atoms with Crippen molar-refractivity contribution >= 4 is 40.2 Å². The predicted octanol–water partition coefficient (Wildman–Crippen LogP) is 5.40. The van der Waals surface area contributed by atoms with Gasteiger partial charge in [0.05, 0.1) is 33.9 Å². The van der Waals surface area contributed by atoms with Crippen LogP contribution in [0.15, 0.2) is 48.9 Å². The summed E-state index contributed by atoms with van der Waals surface area (Å²) in [6, 6.07) is 10.2. The van der Waals surface area contributed by atoms with Crippen molar-refractivity contribution in [2.45, 2.75) is 43.9 Å². The van der Waals surface area contributed by atoms with Crippen molar-refractivity contribution in [1.82, 2.24) is 25.5 Å². The van der Waals surface area contributed by atoms with Gasteiger partial charge in [-0.2, -0.15) is 5.10 Å². The Kier molecular flexibility index (Phi) is 6.62. The number of nitrogens with one attached hydrogen (secondary N) is 3. The van der Waals surface area contributed by atoms with Crippen molar-refractivity contribution in [3.05, 3.63) is 69.5 Å². The van der Waals surface area contributed by atoms with Gasteiger partial charge in [0.15, 0.2) is 5.82 Å². The van der Waals surface area contributed by atoms with Crippen molar-refractivity contribution in [2.24, 2.45) is 0 Å². The first-order valence-electron chi connectivity index (χ1n) is 12.3. The number of amides is 1. The van der Waals surface area contributed by atoms with Crippen molar-refractivity contribution in [2.75, 3.05) is 17.3 Å². The number of carbonyl (C=O) groups is 1. The van der Waals surface area contributed by atoms with Crippen molar-refractivity contribution in [1.29, 1.82) is 0 Å². The lowest BCUT2D eigenvalue weighted by molar-refractivity contribution is 0.0929. The van der Waals surface area contributed by atoms with E-state index in [1.165, 1.54) is 23.7 Å². The fourth-order valence-electron chi connectivity index (χ4n) is 5.32. The van der Waals surface area contributed by atoms with Crippen LogP contribution in [0.3, 0.4) is 0 Å². The fraction of sp³-hybridized carbons (Fsp3) is 0.308. The largest absolute Gasteiger partial charge is 0.497 e. The Balaban J connectivity index is 1.34. The molecule has 3 unspecified atom stereocenters. The molecular weight excluding hydrogens is 529 g/mol. The van der Waals surface area contributed by atoms with Gasteiger partial charge >= 0.3 is 0 Å². The van der Waals surface area contributed by atoms with Gasteiger partial charge in [-0.1, -0.05) is 11.6 Å². The molecule has 0 radical (unpaired) electrons. The minimum atomic E-state index is -0.484. The summed E-state index contributed by atoms with van der Waals surface area (Å²) in [6.07, 6.45) is 6.06. The molecule has 1 aliphatic heterocycles. The monoisotopic (exact) mass is 553 g/mol. The van der Waals surface area contributed by atoms with Crippen LogP contribution in [-0.4, -0.2) is 45.3 Å². The average Bonchev–Trinajstić information content (AvgIpc) is 3.69. The van der Waals surface area contributed by atoms with Crippen LogP contribution < -0.4 is 20.3 Å². The number of carbonyl (C=O) groups excluding carboxylic acids is 1.